The zero-order valence-corrected chi connectivity index (χ0v) is 8.98. The quantitative estimate of drug-likeness (QED) is 0.618. The zero-order chi connectivity index (χ0) is 8.97. The second kappa shape index (κ2) is 5.08. The third kappa shape index (κ3) is 2.95. The lowest BCUT2D eigenvalue weighted by Gasteiger charge is -2.36. The summed E-state index contributed by atoms with van der Waals surface area (Å²) >= 11 is 5.68. The number of nitrogens with zero attached hydrogens (tertiary/aromatic N) is 1. The Labute approximate surface area is 81.1 Å². The van der Waals surface area contributed by atoms with Crippen molar-refractivity contribution in [3.05, 3.63) is 0 Å². The summed E-state index contributed by atoms with van der Waals surface area (Å²) in [5.41, 5.74) is 0. The lowest BCUT2D eigenvalue weighted by atomic mass is 9.95. The minimum atomic E-state index is 0.782. The highest BCUT2D eigenvalue weighted by Crippen LogP contribution is 2.21. The summed E-state index contributed by atoms with van der Waals surface area (Å²) in [4.78, 5) is 2.58. The largest absolute Gasteiger partial charge is 0.300 e. The van der Waals surface area contributed by atoms with Gasteiger partial charge < -0.3 is 4.90 Å². The molecule has 0 radical (unpaired) electrons. The highest BCUT2D eigenvalue weighted by Gasteiger charge is 2.21. The second-order valence-electron chi connectivity index (χ2n) is 4.07. The predicted octanol–water partition coefficient (Wildman–Crippen LogP) is 2.74. The first-order valence-electron chi connectivity index (χ1n) is 5.04. The molecule has 1 fully saturated rings. The summed E-state index contributed by atoms with van der Waals surface area (Å²) in [5.74, 6) is 1.69. The van der Waals surface area contributed by atoms with Gasteiger partial charge in [-0.15, -0.1) is 11.6 Å². The molecule has 1 saturated heterocycles. The van der Waals surface area contributed by atoms with E-state index in [0.29, 0.717) is 0 Å². The van der Waals surface area contributed by atoms with E-state index >= 15 is 0 Å². The van der Waals surface area contributed by atoms with Crippen LogP contribution >= 0.6 is 11.6 Å². The number of hydrogen-bond donors (Lipinski definition) is 0. The van der Waals surface area contributed by atoms with Crippen LogP contribution in [0.15, 0.2) is 0 Å². The number of rotatable bonds is 3. The van der Waals surface area contributed by atoms with E-state index in [0.717, 1.165) is 24.3 Å². The maximum Gasteiger partial charge on any atom is 0.0235 e. The summed E-state index contributed by atoms with van der Waals surface area (Å²) in [6.07, 6.45) is 3.90. The molecule has 0 aliphatic carbocycles. The van der Waals surface area contributed by atoms with Gasteiger partial charge in [-0.1, -0.05) is 6.92 Å². The molecule has 0 saturated carbocycles. The molecule has 2 heteroatoms. The number of halogens is 1. The Hall–Kier alpha value is 0.250. The van der Waals surface area contributed by atoms with Gasteiger partial charge in [0.2, 0.25) is 0 Å². The molecule has 0 amide bonds. The molecule has 0 aromatic heterocycles. The van der Waals surface area contributed by atoms with Gasteiger partial charge in [-0.25, -0.2) is 0 Å². The fourth-order valence-corrected chi connectivity index (χ4v) is 2.07. The molecule has 1 aliphatic heterocycles. The molecule has 0 aromatic rings. The van der Waals surface area contributed by atoms with Crippen molar-refractivity contribution in [1.29, 1.82) is 0 Å². The summed E-state index contributed by atoms with van der Waals surface area (Å²) in [5, 5.41) is 0. The molecule has 72 valence electrons. The summed E-state index contributed by atoms with van der Waals surface area (Å²) in [7, 11) is 0. The van der Waals surface area contributed by atoms with Crippen molar-refractivity contribution in [2.75, 3.05) is 19.0 Å². The molecular formula is C10H20ClN. The molecule has 0 bridgehead atoms. The molecule has 2 atom stereocenters. The highest BCUT2D eigenvalue weighted by molar-refractivity contribution is 6.17. The first kappa shape index (κ1) is 10.3. The molecule has 1 rings (SSSR count). The number of likely N-dealkylation sites (tertiary alicyclic amines) is 1. The van der Waals surface area contributed by atoms with Crippen LogP contribution in [-0.2, 0) is 0 Å². The Kier molecular flexibility index (Phi) is 4.38. The zero-order valence-electron chi connectivity index (χ0n) is 8.22. The molecule has 1 heterocycles. The van der Waals surface area contributed by atoms with E-state index in [2.05, 4.69) is 18.7 Å². The fourth-order valence-electron chi connectivity index (χ4n) is 1.95. The van der Waals surface area contributed by atoms with E-state index in [1.54, 1.807) is 0 Å². The normalized spacial score (nSPS) is 32.2. The van der Waals surface area contributed by atoms with E-state index in [1.165, 1.54) is 25.9 Å². The lowest BCUT2D eigenvalue weighted by molar-refractivity contribution is 0.125. The van der Waals surface area contributed by atoms with Crippen LogP contribution < -0.4 is 0 Å². The number of hydrogen-bond acceptors (Lipinski definition) is 1. The molecular weight excluding hydrogens is 170 g/mol. The minimum absolute atomic E-state index is 0.782. The van der Waals surface area contributed by atoms with Crippen molar-refractivity contribution in [3.8, 4) is 0 Å². The third-order valence-corrected chi connectivity index (χ3v) is 3.09. The van der Waals surface area contributed by atoms with Crippen LogP contribution in [0.4, 0.5) is 0 Å². The van der Waals surface area contributed by atoms with Gasteiger partial charge in [0.05, 0.1) is 0 Å². The van der Waals surface area contributed by atoms with E-state index in [9.17, 15) is 0 Å². The van der Waals surface area contributed by atoms with Crippen LogP contribution in [0, 0.1) is 5.92 Å². The average Bonchev–Trinajstić information content (AvgIpc) is 2.07. The Bertz CT molecular complexity index is 127. The van der Waals surface area contributed by atoms with Crippen LogP contribution in [-0.4, -0.2) is 29.9 Å². The molecule has 0 spiro atoms. The molecule has 12 heavy (non-hydrogen) atoms. The number of piperidine rings is 1. The highest BCUT2D eigenvalue weighted by atomic mass is 35.5. The standard InChI is InChI=1S/C10H20ClN/c1-9-4-5-10(2)12(8-9)7-3-6-11/h9-10H,3-8H2,1-2H3. The van der Waals surface area contributed by atoms with E-state index in [4.69, 9.17) is 11.6 Å². The van der Waals surface area contributed by atoms with Crippen molar-refractivity contribution < 1.29 is 0 Å². The van der Waals surface area contributed by atoms with Crippen LogP contribution in [0.25, 0.3) is 0 Å². The third-order valence-electron chi connectivity index (χ3n) is 2.83. The maximum absolute atomic E-state index is 5.68. The fraction of sp³-hybridized carbons (Fsp3) is 1.00. The Morgan fingerprint density at radius 2 is 2.08 bits per heavy atom. The molecule has 1 nitrogen and oxygen atoms in total. The molecule has 0 aromatic carbocycles. The van der Waals surface area contributed by atoms with E-state index in [1.807, 2.05) is 0 Å². The SMILES string of the molecule is CC1CCC(C)N(CCCCl)C1. The van der Waals surface area contributed by atoms with E-state index in [-0.39, 0.29) is 0 Å². The van der Waals surface area contributed by atoms with Crippen molar-refractivity contribution in [1.82, 2.24) is 4.90 Å². The smallest absolute Gasteiger partial charge is 0.0235 e. The Morgan fingerprint density at radius 3 is 2.75 bits per heavy atom. The second-order valence-corrected chi connectivity index (χ2v) is 4.45. The van der Waals surface area contributed by atoms with Gasteiger partial charge in [0, 0.05) is 18.5 Å². The topological polar surface area (TPSA) is 3.24 Å². The number of alkyl halides is 1. The summed E-state index contributed by atoms with van der Waals surface area (Å²) in [6, 6.07) is 0.782. The Balaban J connectivity index is 2.28. The molecule has 2 unspecified atom stereocenters. The van der Waals surface area contributed by atoms with Crippen LogP contribution in [0.3, 0.4) is 0 Å². The Morgan fingerprint density at radius 1 is 1.33 bits per heavy atom. The van der Waals surface area contributed by atoms with Gasteiger partial charge in [0.1, 0.15) is 0 Å². The lowest BCUT2D eigenvalue weighted by Crippen LogP contribution is -2.41. The summed E-state index contributed by atoms with van der Waals surface area (Å²) < 4.78 is 0. The average molecular weight is 190 g/mol. The van der Waals surface area contributed by atoms with Gasteiger partial charge >= 0.3 is 0 Å². The summed E-state index contributed by atoms with van der Waals surface area (Å²) in [6.45, 7) is 7.15. The van der Waals surface area contributed by atoms with Gasteiger partial charge in [0.25, 0.3) is 0 Å². The van der Waals surface area contributed by atoms with Gasteiger partial charge in [0.15, 0.2) is 0 Å². The minimum Gasteiger partial charge on any atom is -0.300 e. The van der Waals surface area contributed by atoms with Crippen molar-refractivity contribution in [3.63, 3.8) is 0 Å². The predicted molar refractivity (Wildman–Crippen MR) is 54.8 cm³/mol. The van der Waals surface area contributed by atoms with Crippen LogP contribution in [0.5, 0.6) is 0 Å². The van der Waals surface area contributed by atoms with Crippen molar-refractivity contribution in [2.24, 2.45) is 5.92 Å². The van der Waals surface area contributed by atoms with Gasteiger partial charge in [-0.3, -0.25) is 0 Å². The van der Waals surface area contributed by atoms with Crippen molar-refractivity contribution >= 4 is 11.6 Å². The van der Waals surface area contributed by atoms with Gasteiger partial charge in [-0.2, -0.15) is 0 Å². The van der Waals surface area contributed by atoms with Crippen LogP contribution in [0.1, 0.15) is 33.1 Å². The molecule has 0 N–H and O–H groups in total. The van der Waals surface area contributed by atoms with Gasteiger partial charge in [-0.05, 0) is 38.6 Å². The van der Waals surface area contributed by atoms with Crippen LogP contribution in [0.2, 0.25) is 0 Å². The van der Waals surface area contributed by atoms with E-state index < -0.39 is 0 Å². The first-order chi connectivity index (χ1) is 5.74. The van der Waals surface area contributed by atoms with Crippen molar-refractivity contribution in [2.45, 2.75) is 39.2 Å². The first-order valence-corrected chi connectivity index (χ1v) is 5.57. The molecule has 1 aliphatic rings. The monoisotopic (exact) mass is 189 g/mol. The maximum atomic E-state index is 5.68.